The van der Waals surface area contributed by atoms with Crippen LogP contribution in [-0.2, 0) is 13.1 Å². The van der Waals surface area contributed by atoms with Crippen LogP contribution in [0.1, 0.15) is 5.69 Å². The fourth-order valence-corrected chi connectivity index (χ4v) is 1.51. The Morgan fingerprint density at radius 1 is 1.62 bits per heavy atom. The summed E-state index contributed by atoms with van der Waals surface area (Å²) in [5.41, 5.74) is 0.838. The molecule has 0 fully saturated rings. The Hall–Kier alpha value is -1.43. The summed E-state index contributed by atoms with van der Waals surface area (Å²) in [4.78, 5) is 12.2. The van der Waals surface area contributed by atoms with Crippen LogP contribution >= 0.6 is 0 Å². The number of fused-ring (bicyclic) bond motifs is 1. The number of likely N-dealkylation sites (N-methyl/N-ethyl adjacent to an activating group) is 1. The van der Waals surface area contributed by atoms with Crippen LogP contribution in [0.15, 0.2) is 6.20 Å². The molecule has 0 unspecified atom stereocenters. The zero-order valence-electron chi connectivity index (χ0n) is 7.30. The Bertz CT molecular complexity index is 346. The zero-order valence-corrected chi connectivity index (χ0v) is 7.30. The Balaban J connectivity index is 2.41. The van der Waals surface area contributed by atoms with Gasteiger partial charge in [0.05, 0.1) is 11.5 Å². The summed E-state index contributed by atoms with van der Waals surface area (Å²) < 4.78 is 1.71. The number of rotatable bonds is 1. The summed E-state index contributed by atoms with van der Waals surface area (Å²) in [5.74, 6) is 0. The van der Waals surface area contributed by atoms with Crippen LogP contribution in [0.3, 0.4) is 0 Å². The molecule has 2 heterocycles. The first-order valence-electron chi connectivity index (χ1n) is 4.06. The maximum Gasteiger partial charge on any atom is 0.311 e. The highest BCUT2D eigenvalue weighted by Crippen LogP contribution is 2.21. The van der Waals surface area contributed by atoms with Gasteiger partial charge in [-0.05, 0) is 7.05 Å². The van der Waals surface area contributed by atoms with Gasteiger partial charge in [-0.1, -0.05) is 0 Å². The van der Waals surface area contributed by atoms with Crippen molar-refractivity contribution in [3.63, 3.8) is 0 Å². The lowest BCUT2D eigenvalue weighted by molar-refractivity contribution is -0.385. The van der Waals surface area contributed by atoms with Gasteiger partial charge in [0.25, 0.3) is 0 Å². The van der Waals surface area contributed by atoms with Gasteiger partial charge in [-0.25, -0.2) is 0 Å². The average Bonchev–Trinajstić information content (AvgIpc) is 2.46. The van der Waals surface area contributed by atoms with Crippen molar-refractivity contribution >= 4 is 5.69 Å². The van der Waals surface area contributed by atoms with Gasteiger partial charge in [-0.3, -0.25) is 19.7 Å². The molecule has 0 aliphatic carbocycles. The summed E-state index contributed by atoms with van der Waals surface area (Å²) in [6.45, 7) is 2.24. The molecule has 1 aliphatic heterocycles. The molecule has 0 radical (unpaired) electrons. The third kappa shape index (κ3) is 1.29. The maximum atomic E-state index is 10.6. The Labute approximate surface area is 74.9 Å². The van der Waals surface area contributed by atoms with E-state index in [2.05, 4.69) is 5.10 Å². The van der Waals surface area contributed by atoms with Gasteiger partial charge in [0.15, 0.2) is 0 Å². The van der Waals surface area contributed by atoms with Crippen molar-refractivity contribution in [1.82, 2.24) is 14.7 Å². The lowest BCUT2D eigenvalue weighted by atomic mass is 10.3. The lowest BCUT2D eigenvalue weighted by Crippen LogP contribution is -2.30. The van der Waals surface area contributed by atoms with Crippen LogP contribution in [0.2, 0.25) is 0 Å². The second-order valence-corrected chi connectivity index (χ2v) is 3.19. The van der Waals surface area contributed by atoms with E-state index < -0.39 is 0 Å². The molecule has 0 bridgehead atoms. The zero-order chi connectivity index (χ0) is 9.42. The summed E-state index contributed by atoms with van der Waals surface area (Å²) >= 11 is 0. The molecule has 6 nitrogen and oxygen atoms in total. The molecule has 70 valence electrons. The molecule has 1 aromatic heterocycles. The van der Waals surface area contributed by atoms with Crippen molar-refractivity contribution in [2.75, 3.05) is 13.6 Å². The van der Waals surface area contributed by atoms with E-state index in [0.717, 1.165) is 13.1 Å². The Morgan fingerprint density at radius 2 is 2.38 bits per heavy atom. The van der Waals surface area contributed by atoms with Gasteiger partial charge >= 0.3 is 5.69 Å². The Kier molecular flexibility index (Phi) is 1.77. The maximum absolute atomic E-state index is 10.6. The van der Waals surface area contributed by atoms with E-state index in [-0.39, 0.29) is 10.6 Å². The van der Waals surface area contributed by atoms with Crippen LogP contribution < -0.4 is 0 Å². The molecule has 0 amide bonds. The number of nitro groups is 1. The van der Waals surface area contributed by atoms with E-state index >= 15 is 0 Å². The van der Waals surface area contributed by atoms with Crippen LogP contribution in [-0.4, -0.2) is 33.2 Å². The normalized spacial score (nSPS) is 17.0. The highest BCUT2D eigenvalue weighted by Gasteiger charge is 2.24. The minimum Gasteiger partial charge on any atom is -0.298 e. The molecular formula is C7H10N4O2. The first-order chi connectivity index (χ1) is 6.18. The predicted molar refractivity (Wildman–Crippen MR) is 45.2 cm³/mol. The van der Waals surface area contributed by atoms with Crippen molar-refractivity contribution in [3.8, 4) is 0 Å². The van der Waals surface area contributed by atoms with Crippen molar-refractivity contribution in [1.29, 1.82) is 0 Å². The molecule has 6 heteroatoms. The quantitative estimate of drug-likeness (QED) is 0.461. The summed E-state index contributed by atoms with van der Waals surface area (Å²) in [6, 6.07) is 0. The van der Waals surface area contributed by atoms with Gasteiger partial charge in [0.2, 0.25) is 0 Å². The largest absolute Gasteiger partial charge is 0.311 e. The topological polar surface area (TPSA) is 64.2 Å². The monoisotopic (exact) mass is 182 g/mol. The summed E-state index contributed by atoms with van der Waals surface area (Å²) in [7, 11) is 1.94. The molecule has 13 heavy (non-hydrogen) atoms. The third-order valence-corrected chi connectivity index (χ3v) is 2.24. The number of aromatic nitrogens is 2. The lowest BCUT2D eigenvalue weighted by Gasteiger charge is -2.22. The smallest absolute Gasteiger partial charge is 0.298 e. The van der Waals surface area contributed by atoms with Crippen molar-refractivity contribution < 1.29 is 4.92 Å². The number of hydrogen-bond acceptors (Lipinski definition) is 4. The molecule has 0 N–H and O–H groups in total. The second-order valence-electron chi connectivity index (χ2n) is 3.19. The minimum atomic E-state index is -0.377. The first kappa shape index (κ1) is 8.18. The standard InChI is InChI=1S/C7H10N4O2/c1-9-2-3-10-7(5-9)6(4-8-10)11(12)13/h4H,2-3,5H2,1H3. The van der Waals surface area contributed by atoms with Gasteiger partial charge < -0.3 is 0 Å². The van der Waals surface area contributed by atoms with E-state index in [9.17, 15) is 10.1 Å². The number of hydrogen-bond donors (Lipinski definition) is 0. The molecule has 0 atom stereocenters. The summed E-state index contributed by atoms with van der Waals surface area (Å²) in [5, 5.41) is 14.5. The van der Waals surface area contributed by atoms with Gasteiger partial charge in [0, 0.05) is 13.1 Å². The predicted octanol–water partition coefficient (Wildman–Crippen LogP) is 0.237. The van der Waals surface area contributed by atoms with Crippen LogP contribution in [0, 0.1) is 10.1 Å². The third-order valence-electron chi connectivity index (χ3n) is 2.24. The van der Waals surface area contributed by atoms with Crippen molar-refractivity contribution in [2.45, 2.75) is 13.1 Å². The van der Waals surface area contributed by atoms with Crippen LogP contribution in [0.5, 0.6) is 0 Å². The second kappa shape index (κ2) is 2.81. The van der Waals surface area contributed by atoms with Gasteiger partial charge in [-0.15, -0.1) is 0 Å². The molecule has 1 aliphatic rings. The van der Waals surface area contributed by atoms with Crippen molar-refractivity contribution in [3.05, 3.63) is 22.0 Å². The van der Waals surface area contributed by atoms with E-state index in [4.69, 9.17) is 0 Å². The molecule has 0 aromatic carbocycles. The fraction of sp³-hybridized carbons (Fsp3) is 0.571. The highest BCUT2D eigenvalue weighted by molar-refractivity contribution is 5.33. The van der Waals surface area contributed by atoms with Crippen LogP contribution in [0.4, 0.5) is 5.69 Å². The minimum absolute atomic E-state index is 0.131. The highest BCUT2D eigenvalue weighted by atomic mass is 16.6. The molecule has 0 saturated heterocycles. The van der Waals surface area contributed by atoms with Crippen LogP contribution in [0.25, 0.3) is 0 Å². The van der Waals surface area contributed by atoms with Gasteiger partial charge in [0.1, 0.15) is 11.9 Å². The SMILES string of the molecule is CN1CCn2ncc([N+](=O)[O-])c2C1. The van der Waals surface area contributed by atoms with Gasteiger partial charge in [-0.2, -0.15) is 5.10 Å². The molecule has 1 aromatic rings. The fourth-order valence-electron chi connectivity index (χ4n) is 1.51. The van der Waals surface area contributed by atoms with E-state index in [1.807, 2.05) is 11.9 Å². The molecule has 2 rings (SSSR count). The van der Waals surface area contributed by atoms with E-state index in [0.29, 0.717) is 12.2 Å². The number of nitrogens with zero attached hydrogens (tertiary/aromatic N) is 4. The summed E-state index contributed by atoms with van der Waals surface area (Å²) in [6.07, 6.45) is 1.33. The van der Waals surface area contributed by atoms with Crippen molar-refractivity contribution in [2.24, 2.45) is 0 Å². The first-order valence-corrected chi connectivity index (χ1v) is 4.06. The van der Waals surface area contributed by atoms with E-state index in [1.165, 1.54) is 6.20 Å². The molecular weight excluding hydrogens is 172 g/mol. The van der Waals surface area contributed by atoms with E-state index in [1.54, 1.807) is 4.68 Å². The molecule has 0 spiro atoms. The Morgan fingerprint density at radius 3 is 3.08 bits per heavy atom. The molecule has 0 saturated carbocycles. The average molecular weight is 182 g/mol.